The van der Waals surface area contributed by atoms with Gasteiger partial charge in [0.25, 0.3) is 0 Å². The van der Waals surface area contributed by atoms with Crippen LogP contribution in [0, 0.1) is 11.8 Å². The Hall–Kier alpha value is -1.13. The van der Waals surface area contributed by atoms with Crippen LogP contribution in [-0.4, -0.2) is 34.5 Å². The average molecular weight is 266 g/mol. The second kappa shape index (κ2) is 5.10. The van der Waals surface area contributed by atoms with Gasteiger partial charge in [-0.25, -0.2) is 4.79 Å². The summed E-state index contributed by atoms with van der Waals surface area (Å²) in [5.74, 6) is -0.294. The number of aliphatic hydroxyl groups is 2. The third-order valence-corrected chi connectivity index (χ3v) is 4.23. The fourth-order valence-electron chi connectivity index (χ4n) is 3.15. The quantitative estimate of drug-likeness (QED) is 0.460. The van der Waals surface area contributed by atoms with Gasteiger partial charge in [0.05, 0.1) is 5.60 Å². The predicted molar refractivity (Wildman–Crippen MR) is 71.3 cm³/mol. The average Bonchev–Trinajstić information content (AvgIpc) is 2.59. The van der Waals surface area contributed by atoms with E-state index in [4.69, 9.17) is 9.84 Å². The summed E-state index contributed by atoms with van der Waals surface area (Å²) in [5, 5.41) is 19.5. The molecule has 2 N–H and O–H groups in total. The maximum absolute atomic E-state index is 11.5. The van der Waals surface area contributed by atoms with Gasteiger partial charge in [-0.15, -0.1) is 0 Å². The lowest BCUT2D eigenvalue weighted by Gasteiger charge is -2.38. The van der Waals surface area contributed by atoms with Crippen molar-refractivity contribution in [3.05, 3.63) is 23.8 Å². The summed E-state index contributed by atoms with van der Waals surface area (Å²) in [6.07, 6.45) is 3.60. The van der Waals surface area contributed by atoms with Crippen LogP contribution in [0.15, 0.2) is 23.8 Å². The highest BCUT2D eigenvalue weighted by molar-refractivity contribution is 5.91. The Morgan fingerprint density at radius 3 is 2.95 bits per heavy atom. The van der Waals surface area contributed by atoms with Gasteiger partial charge in [0.2, 0.25) is 0 Å². The fraction of sp³-hybridized carbons (Fsp3) is 0.667. The van der Waals surface area contributed by atoms with Gasteiger partial charge in [-0.05, 0) is 31.3 Å². The molecule has 1 fully saturated rings. The Labute approximate surface area is 113 Å². The van der Waals surface area contributed by atoms with Crippen molar-refractivity contribution in [2.45, 2.75) is 44.8 Å². The van der Waals surface area contributed by atoms with Crippen LogP contribution in [0.4, 0.5) is 0 Å². The minimum absolute atomic E-state index is 0.112. The van der Waals surface area contributed by atoms with E-state index in [0.717, 1.165) is 12.0 Å². The molecule has 0 saturated carbocycles. The standard InChI is InChI=1S/C15H22O4/c1-9(5-4-6-16)12-7-11-10(2)14(17)19-13(11)8-15(12,3)18/h7,9,11,13,16,18H,2,4-6,8H2,1,3H3. The lowest BCUT2D eigenvalue weighted by molar-refractivity contribution is -0.141. The third-order valence-electron chi connectivity index (χ3n) is 4.23. The van der Waals surface area contributed by atoms with E-state index in [1.807, 2.05) is 13.0 Å². The SMILES string of the molecule is C=C1C(=O)OC2CC(C)(O)C(C(C)CCCO)=CC12. The van der Waals surface area contributed by atoms with Crippen molar-refractivity contribution in [3.63, 3.8) is 0 Å². The maximum atomic E-state index is 11.5. The summed E-state index contributed by atoms with van der Waals surface area (Å²) in [4.78, 5) is 11.5. The normalized spacial score (nSPS) is 35.7. The van der Waals surface area contributed by atoms with Crippen molar-refractivity contribution in [2.75, 3.05) is 6.61 Å². The van der Waals surface area contributed by atoms with Crippen LogP contribution in [0.1, 0.15) is 33.1 Å². The number of hydrogen-bond acceptors (Lipinski definition) is 4. The van der Waals surface area contributed by atoms with E-state index in [-0.39, 0.29) is 30.5 Å². The van der Waals surface area contributed by atoms with Crippen LogP contribution < -0.4 is 0 Å². The van der Waals surface area contributed by atoms with Gasteiger partial charge < -0.3 is 14.9 Å². The Morgan fingerprint density at radius 2 is 2.32 bits per heavy atom. The molecule has 2 rings (SSSR count). The number of carbonyl (C=O) groups excluding carboxylic acids is 1. The lowest BCUT2D eigenvalue weighted by atomic mass is 9.72. The number of aliphatic hydroxyl groups excluding tert-OH is 1. The molecule has 0 spiro atoms. The molecule has 4 unspecified atom stereocenters. The summed E-state index contributed by atoms with van der Waals surface area (Å²) in [6.45, 7) is 7.74. The second-order valence-corrected chi connectivity index (χ2v) is 5.86. The van der Waals surface area contributed by atoms with E-state index in [0.29, 0.717) is 18.4 Å². The predicted octanol–water partition coefficient (Wildman–Crippen LogP) is 1.57. The molecule has 4 heteroatoms. The molecule has 1 heterocycles. The van der Waals surface area contributed by atoms with Crippen LogP contribution >= 0.6 is 0 Å². The van der Waals surface area contributed by atoms with E-state index >= 15 is 0 Å². The van der Waals surface area contributed by atoms with E-state index in [1.165, 1.54) is 0 Å². The van der Waals surface area contributed by atoms with Gasteiger partial charge >= 0.3 is 5.97 Å². The highest BCUT2D eigenvalue weighted by atomic mass is 16.6. The van der Waals surface area contributed by atoms with Crippen LogP contribution in [0.3, 0.4) is 0 Å². The molecule has 0 amide bonds. The van der Waals surface area contributed by atoms with E-state index in [2.05, 4.69) is 6.58 Å². The van der Waals surface area contributed by atoms with Crippen molar-refractivity contribution in [1.29, 1.82) is 0 Å². The van der Waals surface area contributed by atoms with E-state index in [9.17, 15) is 9.90 Å². The van der Waals surface area contributed by atoms with E-state index < -0.39 is 5.60 Å². The second-order valence-electron chi connectivity index (χ2n) is 5.86. The van der Waals surface area contributed by atoms with Crippen molar-refractivity contribution >= 4 is 5.97 Å². The molecule has 1 aliphatic heterocycles. The molecule has 0 aromatic carbocycles. The van der Waals surface area contributed by atoms with Crippen molar-refractivity contribution in [2.24, 2.45) is 11.8 Å². The molecule has 1 saturated heterocycles. The first-order chi connectivity index (χ1) is 8.86. The minimum atomic E-state index is -0.957. The number of carbonyl (C=O) groups is 1. The van der Waals surface area contributed by atoms with Gasteiger partial charge in [0.15, 0.2) is 0 Å². The zero-order valence-electron chi connectivity index (χ0n) is 11.6. The summed E-state index contributed by atoms with van der Waals surface area (Å²) in [7, 11) is 0. The topological polar surface area (TPSA) is 66.8 Å². The zero-order chi connectivity index (χ0) is 14.2. The van der Waals surface area contributed by atoms with Crippen LogP contribution in [-0.2, 0) is 9.53 Å². The largest absolute Gasteiger partial charge is 0.458 e. The molecule has 4 nitrogen and oxygen atoms in total. The molecule has 4 atom stereocenters. The molecule has 19 heavy (non-hydrogen) atoms. The first-order valence-corrected chi connectivity index (χ1v) is 6.82. The number of ether oxygens (including phenoxy) is 1. The molecule has 106 valence electrons. The maximum Gasteiger partial charge on any atom is 0.334 e. The number of hydrogen-bond donors (Lipinski definition) is 2. The monoisotopic (exact) mass is 266 g/mol. The Balaban J connectivity index is 2.24. The van der Waals surface area contributed by atoms with Gasteiger partial charge in [-0.1, -0.05) is 19.6 Å². The first-order valence-electron chi connectivity index (χ1n) is 6.82. The summed E-state index contributed by atoms with van der Waals surface area (Å²) >= 11 is 0. The molecule has 1 aliphatic carbocycles. The smallest absolute Gasteiger partial charge is 0.334 e. The van der Waals surface area contributed by atoms with Gasteiger partial charge in [0.1, 0.15) is 6.10 Å². The highest BCUT2D eigenvalue weighted by Crippen LogP contribution is 2.43. The molecule has 2 aliphatic rings. The molecule has 0 radical (unpaired) electrons. The zero-order valence-corrected chi connectivity index (χ0v) is 11.6. The van der Waals surface area contributed by atoms with E-state index in [1.54, 1.807) is 6.92 Å². The van der Waals surface area contributed by atoms with Crippen LogP contribution in [0.2, 0.25) is 0 Å². The highest BCUT2D eigenvalue weighted by Gasteiger charge is 2.47. The number of rotatable bonds is 4. The molecule has 0 aromatic rings. The van der Waals surface area contributed by atoms with Gasteiger partial charge in [-0.3, -0.25) is 0 Å². The van der Waals surface area contributed by atoms with Crippen molar-refractivity contribution in [3.8, 4) is 0 Å². The van der Waals surface area contributed by atoms with Gasteiger partial charge in [0, 0.05) is 24.5 Å². The Kier molecular flexibility index (Phi) is 3.83. The summed E-state index contributed by atoms with van der Waals surface area (Å²) in [5.41, 5.74) is 0.454. The fourth-order valence-corrected chi connectivity index (χ4v) is 3.15. The van der Waals surface area contributed by atoms with Crippen molar-refractivity contribution < 1.29 is 19.7 Å². The first kappa shape index (κ1) is 14.3. The van der Waals surface area contributed by atoms with Crippen LogP contribution in [0.25, 0.3) is 0 Å². The van der Waals surface area contributed by atoms with Crippen molar-refractivity contribution in [1.82, 2.24) is 0 Å². The van der Waals surface area contributed by atoms with Crippen LogP contribution in [0.5, 0.6) is 0 Å². The van der Waals surface area contributed by atoms with Gasteiger partial charge in [-0.2, -0.15) is 0 Å². The molecular formula is C15H22O4. The lowest BCUT2D eigenvalue weighted by Crippen LogP contribution is -2.40. The Morgan fingerprint density at radius 1 is 1.63 bits per heavy atom. The summed E-state index contributed by atoms with van der Waals surface area (Å²) in [6, 6.07) is 0. The number of fused-ring (bicyclic) bond motifs is 1. The number of esters is 1. The molecule has 0 aromatic heterocycles. The minimum Gasteiger partial charge on any atom is -0.458 e. The third kappa shape index (κ3) is 2.60. The molecule has 0 bridgehead atoms. The summed E-state index contributed by atoms with van der Waals surface area (Å²) < 4.78 is 5.24. The Bertz CT molecular complexity index is 422. The molecular weight excluding hydrogens is 244 g/mol.